The molecule has 4 heteroatoms. The van der Waals surface area contributed by atoms with Gasteiger partial charge in [-0.1, -0.05) is 6.07 Å². The lowest BCUT2D eigenvalue weighted by atomic mass is 9.80. The molecule has 1 N–H and O–H groups in total. The molecule has 0 spiro atoms. The molecule has 1 fully saturated rings. The van der Waals surface area contributed by atoms with E-state index >= 15 is 0 Å². The van der Waals surface area contributed by atoms with Gasteiger partial charge in [-0.3, -0.25) is 0 Å². The van der Waals surface area contributed by atoms with Gasteiger partial charge in [-0.25, -0.2) is 8.78 Å². The number of halogens is 2. The van der Waals surface area contributed by atoms with Crippen molar-refractivity contribution >= 4 is 0 Å². The summed E-state index contributed by atoms with van der Waals surface area (Å²) in [6.07, 6.45) is 3.27. The van der Waals surface area contributed by atoms with Crippen molar-refractivity contribution < 1.29 is 13.5 Å². The van der Waals surface area contributed by atoms with Gasteiger partial charge in [0.05, 0.1) is 5.60 Å². The number of hydrogen-bond acceptors (Lipinski definition) is 2. The molecule has 0 aliphatic heterocycles. The van der Waals surface area contributed by atoms with Gasteiger partial charge in [-0.15, -0.1) is 0 Å². The Morgan fingerprint density at radius 3 is 2.65 bits per heavy atom. The minimum Gasteiger partial charge on any atom is -0.377 e. The third-order valence-electron chi connectivity index (χ3n) is 3.48. The first-order valence-electron chi connectivity index (χ1n) is 5.85. The third kappa shape index (κ3) is 2.82. The molecule has 0 radical (unpaired) electrons. The van der Waals surface area contributed by atoms with Gasteiger partial charge in [0, 0.05) is 31.8 Å². The van der Waals surface area contributed by atoms with Crippen LogP contribution in [0.25, 0.3) is 0 Å². The molecule has 2 nitrogen and oxygen atoms in total. The first-order chi connectivity index (χ1) is 8.15. The SMILES string of the molecule is COC1(CNCc2ccc(F)cc2F)CCC1. The van der Waals surface area contributed by atoms with E-state index in [0.29, 0.717) is 18.7 Å². The van der Waals surface area contributed by atoms with Crippen LogP contribution in [-0.2, 0) is 11.3 Å². The fourth-order valence-corrected chi connectivity index (χ4v) is 2.11. The van der Waals surface area contributed by atoms with Crippen molar-refractivity contribution in [3.05, 3.63) is 35.4 Å². The number of ether oxygens (including phenoxy) is 1. The van der Waals surface area contributed by atoms with Crippen LogP contribution < -0.4 is 5.32 Å². The number of benzene rings is 1. The van der Waals surface area contributed by atoms with Crippen LogP contribution in [-0.4, -0.2) is 19.3 Å². The summed E-state index contributed by atoms with van der Waals surface area (Å²) < 4.78 is 31.5. The molecule has 0 saturated heterocycles. The topological polar surface area (TPSA) is 21.3 Å². The predicted octanol–water partition coefficient (Wildman–Crippen LogP) is 2.62. The molecule has 0 atom stereocenters. The summed E-state index contributed by atoms with van der Waals surface area (Å²) >= 11 is 0. The van der Waals surface area contributed by atoms with Crippen LogP contribution in [0.4, 0.5) is 8.78 Å². The largest absolute Gasteiger partial charge is 0.377 e. The van der Waals surface area contributed by atoms with Gasteiger partial charge in [0.15, 0.2) is 0 Å². The summed E-state index contributed by atoms with van der Waals surface area (Å²) in [5.74, 6) is -1.05. The summed E-state index contributed by atoms with van der Waals surface area (Å²) in [5, 5.41) is 3.17. The lowest BCUT2D eigenvalue weighted by molar-refractivity contribution is -0.0695. The highest BCUT2D eigenvalue weighted by atomic mass is 19.1. The molecule has 1 aliphatic carbocycles. The third-order valence-corrected chi connectivity index (χ3v) is 3.48. The zero-order chi connectivity index (χ0) is 12.3. The van der Waals surface area contributed by atoms with E-state index in [2.05, 4.69) is 5.32 Å². The van der Waals surface area contributed by atoms with Crippen LogP contribution in [0.2, 0.25) is 0 Å². The normalized spacial score (nSPS) is 17.8. The second kappa shape index (κ2) is 5.10. The zero-order valence-electron chi connectivity index (χ0n) is 9.93. The van der Waals surface area contributed by atoms with E-state index in [1.165, 1.54) is 18.6 Å². The second-order valence-electron chi connectivity index (χ2n) is 4.58. The maximum absolute atomic E-state index is 13.3. The molecule has 94 valence electrons. The highest BCUT2D eigenvalue weighted by molar-refractivity contribution is 5.18. The van der Waals surface area contributed by atoms with Crippen molar-refractivity contribution in [3.63, 3.8) is 0 Å². The quantitative estimate of drug-likeness (QED) is 0.855. The number of rotatable bonds is 5. The van der Waals surface area contributed by atoms with Crippen molar-refractivity contribution in [3.8, 4) is 0 Å². The standard InChI is InChI=1S/C13H17F2NO/c1-17-13(5-2-6-13)9-16-8-10-3-4-11(14)7-12(10)15/h3-4,7,16H,2,5-6,8-9H2,1H3. The molecule has 0 amide bonds. The minimum absolute atomic E-state index is 0.0729. The summed E-state index contributed by atoms with van der Waals surface area (Å²) in [5.41, 5.74) is 0.410. The molecule has 0 heterocycles. The summed E-state index contributed by atoms with van der Waals surface area (Å²) in [6.45, 7) is 1.11. The monoisotopic (exact) mass is 241 g/mol. The summed E-state index contributed by atoms with van der Waals surface area (Å²) in [7, 11) is 1.71. The molecule has 1 aromatic rings. The van der Waals surface area contributed by atoms with Gasteiger partial charge in [-0.05, 0) is 25.3 Å². The number of nitrogens with one attached hydrogen (secondary N) is 1. The maximum atomic E-state index is 13.3. The molecule has 1 aliphatic rings. The Balaban J connectivity index is 1.85. The Morgan fingerprint density at radius 2 is 2.12 bits per heavy atom. The van der Waals surface area contributed by atoms with Gasteiger partial charge >= 0.3 is 0 Å². The van der Waals surface area contributed by atoms with Crippen LogP contribution in [0.1, 0.15) is 24.8 Å². The average Bonchev–Trinajstić information content (AvgIpc) is 2.25. The minimum atomic E-state index is -0.543. The van der Waals surface area contributed by atoms with Crippen molar-refractivity contribution in [2.45, 2.75) is 31.4 Å². The van der Waals surface area contributed by atoms with Crippen molar-refractivity contribution in [1.29, 1.82) is 0 Å². The molecule has 1 saturated carbocycles. The summed E-state index contributed by atoms with van der Waals surface area (Å²) in [6, 6.07) is 3.65. The van der Waals surface area contributed by atoms with E-state index in [9.17, 15) is 8.78 Å². The van der Waals surface area contributed by atoms with Crippen LogP contribution >= 0.6 is 0 Å². The zero-order valence-corrected chi connectivity index (χ0v) is 9.93. The fourth-order valence-electron chi connectivity index (χ4n) is 2.11. The van der Waals surface area contributed by atoms with E-state index in [0.717, 1.165) is 18.9 Å². The van der Waals surface area contributed by atoms with Crippen molar-refractivity contribution in [2.24, 2.45) is 0 Å². The van der Waals surface area contributed by atoms with Crippen molar-refractivity contribution in [2.75, 3.05) is 13.7 Å². The van der Waals surface area contributed by atoms with Crippen LogP contribution in [0, 0.1) is 11.6 Å². The van der Waals surface area contributed by atoms with Gasteiger partial charge in [-0.2, -0.15) is 0 Å². The van der Waals surface area contributed by atoms with E-state index in [4.69, 9.17) is 4.74 Å². The maximum Gasteiger partial charge on any atom is 0.130 e. The molecular formula is C13H17F2NO. The lowest BCUT2D eigenvalue weighted by Crippen LogP contribution is -2.47. The van der Waals surface area contributed by atoms with Crippen LogP contribution in [0.15, 0.2) is 18.2 Å². The first kappa shape index (κ1) is 12.5. The Kier molecular flexibility index (Phi) is 3.74. The highest BCUT2D eigenvalue weighted by Gasteiger charge is 2.36. The highest BCUT2D eigenvalue weighted by Crippen LogP contribution is 2.34. The Hall–Kier alpha value is -1.00. The van der Waals surface area contributed by atoms with E-state index in [-0.39, 0.29) is 5.60 Å². The van der Waals surface area contributed by atoms with Gasteiger partial charge < -0.3 is 10.1 Å². The Morgan fingerprint density at radius 1 is 1.35 bits per heavy atom. The van der Waals surface area contributed by atoms with E-state index < -0.39 is 11.6 Å². The molecule has 2 rings (SSSR count). The van der Waals surface area contributed by atoms with E-state index in [1.54, 1.807) is 7.11 Å². The lowest BCUT2D eigenvalue weighted by Gasteiger charge is -2.40. The number of methoxy groups -OCH3 is 1. The second-order valence-corrected chi connectivity index (χ2v) is 4.58. The molecule has 0 unspecified atom stereocenters. The smallest absolute Gasteiger partial charge is 0.130 e. The van der Waals surface area contributed by atoms with Gasteiger partial charge in [0.2, 0.25) is 0 Å². The van der Waals surface area contributed by atoms with Crippen LogP contribution in [0.3, 0.4) is 0 Å². The first-order valence-corrected chi connectivity index (χ1v) is 5.85. The predicted molar refractivity (Wildman–Crippen MR) is 61.7 cm³/mol. The van der Waals surface area contributed by atoms with Crippen molar-refractivity contribution in [1.82, 2.24) is 5.32 Å². The molecule has 17 heavy (non-hydrogen) atoms. The fraction of sp³-hybridized carbons (Fsp3) is 0.538. The number of hydrogen-bond donors (Lipinski definition) is 1. The molecule has 0 bridgehead atoms. The Labute approximate surface area is 100.0 Å². The Bertz CT molecular complexity index is 385. The van der Waals surface area contributed by atoms with Gasteiger partial charge in [0.1, 0.15) is 11.6 Å². The molecule has 0 aromatic heterocycles. The average molecular weight is 241 g/mol. The van der Waals surface area contributed by atoms with E-state index in [1.807, 2.05) is 0 Å². The molecule has 1 aromatic carbocycles. The van der Waals surface area contributed by atoms with Crippen LogP contribution in [0.5, 0.6) is 0 Å². The molecular weight excluding hydrogens is 224 g/mol. The van der Waals surface area contributed by atoms with Gasteiger partial charge in [0.25, 0.3) is 0 Å². The summed E-state index contributed by atoms with van der Waals surface area (Å²) in [4.78, 5) is 0.